The Kier molecular flexibility index (Phi) is 7.33. The zero-order chi connectivity index (χ0) is 13.4. The molecule has 1 fully saturated rings. The monoisotopic (exact) mass is 254 g/mol. The topological polar surface area (TPSA) is 32.3 Å². The number of nitrogens with zero attached hydrogens (tertiary/aromatic N) is 1. The number of likely N-dealkylation sites (tertiary alicyclic amines) is 1. The molecule has 106 valence electrons. The zero-order valence-electron chi connectivity index (χ0n) is 12.4. The van der Waals surface area contributed by atoms with Gasteiger partial charge >= 0.3 is 0 Å². The summed E-state index contributed by atoms with van der Waals surface area (Å²) in [5, 5.41) is 3.02. The molecule has 18 heavy (non-hydrogen) atoms. The molecular weight excluding hydrogens is 224 g/mol. The fourth-order valence-corrected chi connectivity index (χ4v) is 2.32. The molecule has 3 heteroatoms. The summed E-state index contributed by atoms with van der Waals surface area (Å²) in [6.07, 6.45) is 5.43. The van der Waals surface area contributed by atoms with Crippen molar-refractivity contribution in [3.8, 4) is 0 Å². The van der Waals surface area contributed by atoms with Crippen molar-refractivity contribution in [1.82, 2.24) is 10.2 Å². The molecule has 1 N–H and O–H groups in total. The Morgan fingerprint density at radius 1 is 1.33 bits per heavy atom. The predicted molar refractivity (Wildman–Crippen MR) is 76.5 cm³/mol. The van der Waals surface area contributed by atoms with Crippen molar-refractivity contribution < 1.29 is 4.79 Å². The van der Waals surface area contributed by atoms with E-state index in [0.717, 1.165) is 31.8 Å². The highest BCUT2D eigenvalue weighted by molar-refractivity contribution is 5.75. The van der Waals surface area contributed by atoms with E-state index < -0.39 is 0 Å². The molecule has 1 saturated heterocycles. The van der Waals surface area contributed by atoms with Gasteiger partial charge < -0.3 is 10.2 Å². The number of carbonyl (C=O) groups is 1. The van der Waals surface area contributed by atoms with Gasteiger partial charge in [0.05, 0.1) is 0 Å². The molecular formula is C15H30N2O. The van der Waals surface area contributed by atoms with Gasteiger partial charge in [-0.3, -0.25) is 4.79 Å². The van der Waals surface area contributed by atoms with Gasteiger partial charge in [0.1, 0.15) is 0 Å². The summed E-state index contributed by atoms with van der Waals surface area (Å²) in [6.45, 7) is 11.1. The van der Waals surface area contributed by atoms with E-state index in [-0.39, 0.29) is 5.91 Å². The van der Waals surface area contributed by atoms with E-state index >= 15 is 0 Å². The minimum atomic E-state index is 0.218. The maximum absolute atomic E-state index is 11.5. The lowest BCUT2D eigenvalue weighted by atomic mass is 9.99. The van der Waals surface area contributed by atoms with Crippen LogP contribution in [0.2, 0.25) is 0 Å². The van der Waals surface area contributed by atoms with Crippen molar-refractivity contribution in [3.63, 3.8) is 0 Å². The number of rotatable bonds is 7. The van der Waals surface area contributed by atoms with Crippen LogP contribution in [-0.2, 0) is 4.79 Å². The average molecular weight is 254 g/mol. The molecule has 1 heterocycles. The standard InChI is InChI=1S/C15H30N2O/c1-13(2)5-6-15(18)16-9-4-10-17-11-7-14(3)8-12-17/h13-14H,4-12H2,1-3H3,(H,16,18). The summed E-state index contributed by atoms with van der Waals surface area (Å²) >= 11 is 0. The van der Waals surface area contributed by atoms with E-state index in [1.165, 1.54) is 25.9 Å². The summed E-state index contributed by atoms with van der Waals surface area (Å²) in [4.78, 5) is 14.0. The number of hydrogen-bond acceptors (Lipinski definition) is 2. The molecule has 3 nitrogen and oxygen atoms in total. The molecule has 0 spiro atoms. The van der Waals surface area contributed by atoms with Gasteiger partial charge in [0.2, 0.25) is 5.91 Å². The van der Waals surface area contributed by atoms with Gasteiger partial charge in [-0.05, 0) is 57.2 Å². The van der Waals surface area contributed by atoms with Crippen molar-refractivity contribution in [2.24, 2.45) is 11.8 Å². The van der Waals surface area contributed by atoms with Gasteiger partial charge in [0, 0.05) is 13.0 Å². The highest BCUT2D eigenvalue weighted by Crippen LogP contribution is 2.15. The molecule has 0 unspecified atom stereocenters. The fraction of sp³-hybridized carbons (Fsp3) is 0.933. The Morgan fingerprint density at radius 3 is 2.61 bits per heavy atom. The first-order chi connectivity index (χ1) is 8.58. The molecule has 1 amide bonds. The SMILES string of the molecule is CC(C)CCC(=O)NCCCN1CCC(C)CC1. The molecule has 1 rings (SSSR count). The third-order valence-corrected chi connectivity index (χ3v) is 3.80. The van der Waals surface area contributed by atoms with Crippen LogP contribution in [0, 0.1) is 11.8 Å². The molecule has 1 aliphatic heterocycles. The third-order valence-electron chi connectivity index (χ3n) is 3.80. The van der Waals surface area contributed by atoms with E-state index in [2.05, 4.69) is 31.0 Å². The van der Waals surface area contributed by atoms with Crippen molar-refractivity contribution in [2.45, 2.75) is 52.9 Å². The van der Waals surface area contributed by atoms with Gasteiger partial charge in [-0.2, -0.15) is 0 Å². The molecule has 0 bridgehead atoms. The molecule has 0 saturated carbocycles. The van der Waals surface area contributed by atoms with Crippen LogP contribution in [0.1, 0.15) is 52.9 Å². The van der Waals surface area contributed by atoms with Gasteiger partial charge in [0.25, 0.3) is 0 Å². The van der Waals surface area contributed by atoms with E-state index in [1.54, 1.807) is 0 Å². The minimum absolute atomic E-state index is 0.218. The quantitative estimate of drug-likeness (QED) is 0.708. The Bertz CT molecular complexity index is 233. The van der Waals surface area contributed by atoms with Crippen LogP contribution in [-0.4, -0.2) is 37.0 Å². The summed E-state index contributed by atoms with van der Waals surface area (Å²) in [6, 6.07) is 0. The molecule has 0 aliphatic carbocycles. The molecule has 1 aliphatic rings. The molecule has 0 aromatic carbocycles. The third kappa shape index (κ3) is 7.00. The van der Waals surface area contributed by atoms with Crippen molar-refractivity contribution >= 4 is 5.91 Å². The van der Waals surface area contributed by atoms with Gasteiger partial charge in [-0.1, -0.05) is 20.8 Å². The zero-order valence-corrected chi connectivity index (χ0v) is 12.4. The summed E-state index contributed by atoms with van der Waals surface area (Å²) in [7, 11) is 0. The number of amides is 1. The van der Waals surface area contributed by atoms with Crippen LogP contribution < -0.4 is 5.32 Å². The smallest absolute Gasteiger partial charge is 0.220 e. The summed E-state index contributed by atoms with van der Waals surface area (Å²) in [5.41, 5.74) is 0. The van der Waals surface area contributed by atoms with Gasteiger partial charge in [-0.15, -0.1) is 0 Å². The lowest BCUT2D eigenvalue weighted by Crippen LogP contribution is -2.35. The lowest BCUT2D eigenvalue weighted by molar-refractivity contribution is -0.121. The second-order valence-corrected chi connectivity index (χ2v) is 6.16. The highest BCUT2D eigenvalue weighted by Gasteiger charge is 2.14. The van der Waals surface area contributed by atoms with Gasteiger partial charge in [-0.25, -0.2) is 0 Å². The average Bonchev–Trinajstić information content (AvgIpc) is 2.34. The minimum Gasteiger partial charge on any atom is -0.356 e. The molecule has 0 atom stereocenters. The molecule has 0 radical (unpaired) electrons. The van der Waals surface area contributed by atoms with E-state index in [9.17, 15) is 4.79 Å². The second kappa shape index (κ2) is 8.52. The van der Waals surface area contributed by atoms with E-state index in [4.69, 9.17) is 0 Å². The first kappa shape index (κ1) is 15.5. The summed E-state index contributed by atoms with van der Waals surface area (Å²) < 4.78 is 0. The Balaban J connectivity index is 1.96. The first-order valence-electron chi connectivity index (χ1n) is 7.57. The maximum atomic E-state index is 11.5. The number of piperidine rings is 1. The van der Waals surface area contributed by atoms with Crippen molar-refractivity contribution in [1.29, 1.82) is 0 Å². The fourth-order valence-electron chi connectivity index (χ4n) is 2.32. The lowest BCUT2D eigenvalue weighted by Gasteiger charge is -2.30. The van der Waals surface area contributed by atoms with Crippen LogP contribution in [0.3, 0.4) is 0 Å². The normalized spacial score (nSPS) is 18.2. The van der Waals surface area contributed by atoms with E-state index in [1.807, 2.05) is 0 Å². The number of carbonyl (C=O) groups excluding carboxylic acids is 1. The Hall–Kier alpha value is -0.570. The first-order valence-corrected chi connectivity index (χ1v) is 7.57. The van der Waals surface area contributed by atoms with Crippen LogP contribution in [0.4, 0.5) is 0 Å². The maximum Gasteiger partial charge on any atom is 0.220 e. The highest BCUT2D eigenvalue weighted by atomic mass is 16.1. The van der Waals surface area contributed by atoms with Crippen LogP contribution in [0.15, 0.2) is 0 Å². The summed E-state index contributed by atoms with van der Waals surface area (Å²) in [5.74, 6) is 1.74. The molecule has 0 aromatic heterocycles. The largest absolute Gasteiger partial charge is 0.356 e. The van der Waals surface area contributed by atoms with Crippen molar-refractivity contribution in [3.05, 3.63) is 0 Å². The van der Waals surface area contributed by atoms with E-state index in [0.29, 0.717) is 12.3 Å². The van der Waals surface area contributed by atoms with Crippen LogP contribution in [0.25, 0.3) is 0 Å². The van der Waals surface area contributed by atoms with Gasteiger partial charge in [0.15, 0.2) is 0 Å². The predicted octanol–water partition coefficient (Wildman–Crippen LogP) is 2.66. The Morgan fingerprint density at radius 2 is 2.00 bits per heavy atom. The Labute approximate surface area is 112 Å². The number of hydrogen-bond donors (Lipinski definition) is 1. The van der Waals surface area contributed by atoms with Crippen LogP contribution in [0.5, 0.6) is 0 Å². The van der Waals surface area contributed by atoms with Crippen LogP contribution >= 0.6 is 0 Å². The van der Waals surface area contributed by atoms with Crippen molar-refractivity contribution in [2.75, 3.05) is 26.2 Å². The second-order valence-electron chi connectivity index (χ2n) is 6.16. The molecule has 0 aromatic rings. The number of nitrogens with one attached hydrogen (secondary N) is 1.